The second-order valence-corrected chi connectivity index (χ2v) is 9.26. The highest BCUT2D eigenvalue weighted by Gasteiger charge is 2.36. The fourth-order valence-corrected chi connectivity index (χ4v) is 5.48. The predicted molar refractivity (Wildman–Crippen MR) is 94.8 cm³/mol. The maximum Gasteiger partial charge on any atom is 0.258 e. The number of aryl methyl sites for hydroxylation is 1. The predicted octanol–water partition coefficient (Wildman–Crippen LogP) is 3.24. The molecule has 0 unspecified atom stereocenters. The van der Waals surface area contributed by atoms with E-state index in [4.69, 9.17) is 17.3 Å². The van der Waals surface area contributed by atoms with Crippen LogP contribution in [-0.2, 0) is 10.0 Å². The number of hydrogen-bond acceptors (Lipinski definition) is 4. The lowest BCUT2D eigenvalue weighted by molar-refractivity contribution is 0.100. The van der Waals surface area contributed by atoms with Crippen LogP contribution in [0.4, 0.5) is 0 Å². The number of sulfonamides is 1. The van der Waals surface area contributed by atoms with E-state index in [1.165, 1.54) is 6.07 Å². The topological polar surface area (TPSA) is 89.3 Å². The Labute approximate surface area is 149 Å². The van der Waals surface area contributed by atoms with Crippen molar-refractivity contribution in [1.82, 2.24) is 4.72 Å². The van der Waals surface area contributed by atoms with Gasteiger partial charge in [-0.25, -0.2) is 13.1 Å². The zero-order chi connectivity index (χ0) is 17.5. The van der Waals surface area contributed by atoms with Crippen LogP contribution in [0.15, 0.2) is 35.2 Å². The van der Waals surface area contributed by atoms with E-state index in [9.17, 15) is 13.2 Å². The highest BCUT2D eigenvalue weighted by molar-refractivity contribution is 7.89. The standard InChI is InChI=1S/C16H17ClN2O3S2/c1-9-14(8-13(23-9)16(18)20)24(21,22)19-15(10-2-3-10)11-4-6-12(17)7-5-11/h4-8,10,15,19H,2-3H2,1H3,(H2,18,20)/t15-/m1/s1. The molecule has 1 saturated carbocycles. The number of rotatable bonds is 6. The van der Waals surface area contributed by atoms with Crippen LogP contribution < -0.4 is 10.5 Å². The summed E-state index contributed by atoms with van der Waals surface area (Å²) < 4.78 is 28.4. The van der Waals surface area contributed by atoms with Gasteiger partial charge in [-0.15, -0.1) is 11.3 Å². The molecule has 1 aromatic heterocycles. The van der Waals surface area contributed by atoms with Crippen LogP contribution in [0.1, 0.15) is 39.0 Å². The van der Waals surface area contributed by atoms with E-state index in [1.807, 2.05) is 12.1 Å². The van der Waals surface area contributed by atoms with Crippen molar-refractivity contribution in [2.75, 3.05) is 0 Å². The third-order valence-electron chi connectivity index (χ3n) is 4.01. The first-order chi connectivity index (χ1) is 11.3. The molecule has 1 aliphatic carbocycles. The van der Waals surface area contributed by atoms with Crippen molar-refractivity contribution < 1.29 is 13.2 Å². The van der Waals surface area contributed by atoms with Gasteiger partial charge in [0.25, 0.3) is 5.91 Å². The van der Waals surface area contributed by atoms with Crippen LogP contribution in [0, 0.1) is 12.8 Å². The van der Waals surface area contributed by atoms with Crippen LogP contribution in [0.25, 0.3) is 0 Å². The zero-order valence-corrected chi connectivity index (χ0v) is 15.3. The molecule has 24 heavy (non-hydrogen) atoms. The molecule has 0 radical (unpaired) electrons. The van der Waals surface area contributed by atoms with E-state index in [0.29, 0.717) is 9.90 Å². The molecule has 2 aromatic rings. The van der Waals surface area contributed by atoms with Crippen molar-refractivity contribution in [3.63, 3.8) is 0 Å². The SMILES string of the molecule is Cc1sc(C(N)=O)cc1S(=O)(=O)N[C@@H](c1ccc(Cl)cc1)C1CC1. The summed E-state index contributed by atoms with van der Waals surface area (Å²) in [5, 5.41) is 0.607. The Hall–Kier alpha value is -1.41. The summed E-state index contributed by atoms with van der Waals surface area (Å²) in [6.07, 6.45) is 1.95. The summed E-state index contributed by atoms with van der Waals surface area (Å²) in [4.78, 5) is 12.2. The average molecular weight is 385 g/mol. The lowest BCUT2D eigenvalue weighted by Gasteiger charge is -2.19. The van der Waals surface area contributed by atoms with Crippen molar-refractivity contribution in [2.45, 2.75) is 30.7 Å². The van der Waals surface area contributed by atoms with Gasteiger partial charge in [-0.2, -0.15) is 0 Å². The molecule has 1 fully saturated rings. The van der Waals surface area contributed by atoms with Gasteiger partial charge >= 0.3 is 0 Å². The molecular formula is C16H17ClN2O3S2. The molecular weight excluding hydrogens is 368 g/mol. The van der Waals surface area contributed by atoms with E-state index in [0.717, 1.165) is 29.7 Å². The number of hydrogen-bond donors (Lipinski definition) is 2. The number of thiophene rings is 1. The van der Waals surface area contributed by atoms with Crippen molar-refractivity contribution in [2.24, 2.45) is 11.7 Å². The van der Waals surface area contributed by atoms with Crippen LogP contribution in [0.5, 0.6) is 0 Å². The van der Waals surface area contributed by atoms with Gasteiger partial charge in [0.05, 0.1) is 9.77 Å². The third kappa shape index (κ3) is 3.64. The fourth-order valence-electron chi connectivity index (χ4n) is 2.62. The van der Waals surface area contributed by atoms with E-state index >= 15 is 0 Å². The number of carbonyl (C=O) groups is 1. The summed E-state index contributed by atoms with van der Waals surface area (Å²) in [6, 6.07) is 8.22. The fraction of sp³-hybridized carbons (Fsp3) is 0.312. The monoisotopic (exact) mass is 384 g/mol. The molecule has 3 rings (SSSR count). The Morgan fingerprint density at radius 3 is 2.46 bits per heavy atom. The highest BCUT2D eigenvalue weighted by Crippen LogP contribution is 2.42. The molecule has 1 amide bonds. The third-order valence-corrected chi connectivity index (χ3v) is 7.02. The van der Waals surface area contributed by atoms with E-state index < -0.39 is 15.9 Å². The summed E-state index contributed by atoms with van der Waals surface area (Å²) in [7, 11) is -3.75. The number of nitrogens with one attached hydrogen (secondary N) is 1. The van der Waals surface area contributed by atoms with E-state index in [-0.39, 0.29) is 21.7 Å². The number of carbonyl (C=O) groups excluding carboxylic acids is 1. The Kier molecular flexibility index (Phi) is 4.70. The maximum absolute atomic E-state index is 12.8. The Morgan fingerprint density at radius 2 is 1.96 bits per heavy atom. The van der Waals surface area contributed by atoms with Crippen molar-refractivity contribution >= 4 is 38.9 Å². The first-order valence-corrected chi connectivity index (χ1v) is 10.1. The summed E-state index contributed by atoms with van der Waals surface area (Å²) in [5.74, 6) is -0.350. The first kappa shape index (κ1) is 17.4. The number of halogens is 1. The molecule has 1 aromatic carbocycles. The van der Waals surface area contributed by atoms with Gasteiger partial charge in [0.2, 0.25) is 10.0 Å². The van der Waals surface area contributed by atoms with Crippen LogP contribution in [0.2, 0.25) is 5.02 Å². The van der Waals surface area contributed by atoms with E-state index in [1.54, 1.807) is 19.1 Å². The molecule has 5 nitrogen and oxygen atoms in total. The first-order valence-electron chi connectivity index (χ1n) is 7.46. The minimum absolute atomic E-state index is 0.112. The van der Waals surface area contributed by atoms with Gasteiger partial charge in [0.1, 0.15) is 0 Å². The molecule has 0 saturated heterocycles. The van der Waals surface area contributed by atoms with E-state index in [2.05, 4.69) is 4.72 Å². The summed E-state index contributed by atoms with van der Waals surface area (Å²) in [5.41, 5.74) is 6.13. The number of primary amides is 1. The van der Waals surface area contributed by atoms with Gasteiger partial charge in [0.15, 0.2) is 0 Å². The summed E-state index contributed by atoms with van der Waals surface area (Å²) >= 11 is 7.00. The average Bonchev–Trinajstić information content (AvgIpc) is 3.27. The van der Waals surface area contributed by atoms with Crippen LogP contribution >= 0.6 is 22.9 Å². The lowest BCUT2D eigenvalue weighted by atomic mass is 10.0. The second-order valence-electron chi connectivity index (χ2n) is 5.88. The van der Waals surface area contributed by atoms with Crippen LogP contribution in [-0.4, -0.2) is 14.3 Å². The Morgan fingerprint density at radius 1 is 1.33 bits per heavy atom. The van der Waals surface area contributed by atoms with Crippen molar-refractivity contribution in [3.05, 3.63) is 50.7 Å². The highest BCUT2D eigenvalue weighted by atomic mass is 35.5. The molecule has 1 atom stereocenters. The molecule has 1 heterocycles. The lowest BCUT2D eigenvalue weighted by Crippen LogP contribution is -2.30. The minimum atomic E-state index is -3.75. The molecule has 0 aliphatic heterocycles. The number of amides is 1. The Balaban J connectivity index is 1.91. The summed E-state index contributed by atoms with van der Waals surface area (Å²) in [6.45, 7) is 1.67. The smallest absolute Gasteiger partial charge is 0.258 e. The van der Waals surface area contributed by atoms with Gasteiger partial charge in [-0.3, -0.25) is 4.79 Å². The molecule has 1 aliphatic rings. The van der Waals surface area contributed by atoms with Gasteiger partial charge < -0.3 is 5.73 Å². The molecule has 8 heteroatoms. The second kappa shape index (κ2) is 6.48. The maximum atomic E-state index is 12.8. The molecule has 3 N–H and O–H groups in total. The quantitative estimate of drug-likeness (QED) is 0.801. The molecule has 0 bridgehead atoms. The van der Waals surface area contributed by atoms with Gasteiger partial charge in [-0.05, 0) is 49.4 Å². The van der Waals surface area contributed by atoms with Gasteiger partial charge in [0, 0.05) is 15.9 Å². The van der Waals surface area contributed by atoms with Crippen molar-refractivity contribution in [1.29, 1.82) is 0 Å². The Bertz CT molecular complexity index is 871. The largest absolute Gasteiger partial charge is 0.365 e. The number of nitrogens with two attached hydrogens (primary N) is 1. The number of benzene rings is 1. The molecule has 0 spiro atoms. The molecule has 128 valence electrons. The van der Waals surface area contributed by atoms with Crippen LogP contribution in [0.3, 0.4) is 0 Å². The normalized spacial score (nSPS) is 16.1. The minimum Gasteiger partial charge on any atom is -0.365 e. The zero-order valence-electron chi connectivity index (χ0n) is 13.0. The van der Waals surface area contributed by atoms with Gasteiger partial charge in [-0.1, -0.05) is 23.7 Å². The van der Waals surface area contributed by atoms with Crippen molar-refractivity contribution in [3.8, 4) is 0 Å².